The number of benzene rings is 1. The molecule has 31 heavy (non-hydrogen) atoms. The maximum atomic E-state index is 12.2. The van der Waals surface area contributed by atoms with Gasteiger partial charge in [0, 0.05) is 38.4 Å². The van der Waals surface area contributed by atoms with E-state index in [4.69, 9.17) is 14.8 Å². The van der Waals surface area contributed by atoms with Crippen molar-refractivity contribution in [1.82, 2.24) is 19.9 Å². The van der Waals surface area contributed by atoms with Crippen molar-refractivity contribution in [3.8, 4) is 11.3 Å². The van der Waals surface area contributed by atoms with Crippen LogP contribution in [0.15, 0.2) is 24.3 Å². The number of hydrogen-bond donors (Lipinski definition) is 2. The summed E-state index contributed by atoms with van der Waals surface area (Å²) in [5.74, 6) is 0.811. The summed E-state index contributed by atoms with van der Waals surface area (Å²) < 4.78 is 6.85. The van der Waals surface area contributed by atoms with Gasteiger partial charge in [-0.05, 0) is 34.1 Å². The summed E-state index contributed by atoms with van der Waals surface area (Å²) >= 11 is 1.46. The Morgan fingerprint density at radius 1 is 1.26 bits per heavy atom. The molecule has 0 aliphatic heterocycles. The smallest absolute Gasteiger partial charge is 0.239 e. The molecule has 8 nitrogen and oxygen atoms in total. The van der Waals surface area contributed by atoms with Crippen LogP contribution in [0.4, 0.5) is 10.9 Å². The number of likely N-dealkylation sites (N-methyl/N-ethyl adjacent to an activating group) is 1. The highest BCUT2D eigenvalue weighted by molar-refractivity contribution is 7.20. The SMILES string of the molecule is COCCCNC(=O)CN(C)c1nn2c(NC(C)(C)C)c(-c3ccc(C)cc3)nc2s1. The largest absolute Gasteiger partial charge is 0.385 e. The molecule has 1 aromatic carbocycles. The third-order valence-corrected chi connectivity index (χ3v) is 5.59. The molecule has 0 spiro atoms. The topological polar surface area (TPSA) is 83.8 Å². The van der Waals surface area contributed by atoms with Crippen molar-refractivity contribution in [3.63, 3.8) is 0 Å². The van der Waals surface area contributed by atoms with Gasteiger partial charge in [-0.2, -0.15) is 4.52 Å². The van der Waals surface area contributed by atoms with Gasteiger partial charge >= 0.3 is 0 Å². The maximum Gasteiger partial charge on any atom is 0.239 e. The fourth-order valence-electron chi connectivity index (χ4n) is 3.06. The molecule has 3 aromatic rings. The lowest BCUT2D eigenvalue weighted by molar-refractivity contribution is -0.119. The molecule has 0 fully saturated rings. The van der Waals surface area contributed by atoms with Crippen LogP contribution in [0, 0.1) is 6.92 Å². The minimum absolute atomic E-state index is 0.0418. The predicted octanol–water partition coefficient (Wildman–Crippen LogP) is 3.57. The molecule has 0 aliphatic rings. The number of carbonyl (C=O) groups excluding carboxylic acids is 1. The van der Waals surface area contributed by atoms with Gasteiger partial charge in [0.2, 0.25) is 16.0 Å². The number of fused-ring (bicyclic) bond motifs is 1. The number of methoxy groups -OCH3 is 1. The van der Waals surface area contributed by atoms with E-state index in [9.17, 15) is 4.79 Å². The van der Waals surface area contributed by atoms with Gasteiger partial charge in [0.15, 0.2) is 5.82 Å². The summed E-state index contributed by atoms with van der Waals surface area (Å²) in [7, 11) is 3.52. The maximum absolute atomic E-state index is 12.2. The van der Waals surface area contributed by atoms with Gasteiger partial charge in [-0.3, -0.25) is 4.79 Å². The molecular weight excluding hydrogens is 412 g/mol. The molecule has 0 saturated heterocycles. The number of hydrogen-bond acceptors (Lipinski definition) is 7. The van der Waals surface area contributed by atoms with Crippen LogP contribution in [-0.2, 0) is 9.53 Å². The average Bonchev–Trinajstić information content (AvgIpc) is 3.24. The third-order valence-electron chi connectivity index (χ3n) is 4.57. The van der Waals surface area contributed by atoms with Gasteiger partial charge in [-0.25, -0.2) is 4.98 Å². The Labute approximate surface area is 187 Å². The number of carbonyl (C=O) groups is 1. The van der Waals surface area contributed by atoms with Crippen molar-refractivity contribution in [1.29, 1.82) is 0 Å². The molecule has 3 rings (SSSR count). The highest BCUT2D eigenvalue weighted by Crippen LogP contribution is 2.34. The Hall–Kier alpha value is -2.65. The van der Waals surface area contributed by atoms with Crippen molar-refractivity contribution in [2.24, 2.45) is 0 Å². The standard InChI is InChI=1S/C22H32N6O2S/c1-15-8-10-16(11-9-15)18-19(25-22(2,3)4)28-20(24-18)31-21(26-28)27(5)14-17(29)23-12-7-13-30-6/h8-11,25H,7,12-14H2,1-6H3,(H,23,29). The highest BCUT2D eigenvalue weighted by atomic mass is 32.1. The van der Waals surface area contributed by atoms with Gasteiger partial charge in [-0.1, -0.05) is 41.2 Å². The quantitative estimate of drug-likeness (QED) is 0.491. The molecular formula is C22H32N6O2S. The van der Waals surface area contributed by atoms with Crippen LogP contribution in [0.3, 0.4) is 0 Å². The number of nitrogens with one attached hydrogen (secondary N) is 2. The van der Waals surface area contributed by atoms with Crippen molar-refractivity contribution in [3.05, 3.63) is 29.8 Å². The minimum Gasteiger partial charge on any atom is -0.385 e. The first-order chi connectivity index (χ1) is 14.7. The Bertz CT molecular complexity index is 1020. The minimum atomic E-state index is -0.160. The Morgan fingerprint density at radius 3 is 2.61 bits per heavy atom. The van der Waals surface area contributed by atoms with Crippen molar-refractivity contribution in [2.75, 3.05) is 44.1 Å². The first-order valence-corrected chi connectivity index (χ1v) is 11.2. The molecule has 1 amide bonds. The number of imidazole rings is 1. The third kappa shape index (κ3) is 5.95. The van der Waals surface area contributed by atoms with E-state index in [2.05, 4.69) is 62.6 Å². The van der Waals surface area contributed by atoms with Crippen LogP contribution in [0.1, 0.15) is 32.8 Å². The van der Waals surface area contributed by atoms with E-state index in [1.165, 1.54) is 16.9 Å². The summed E-state index contributed by atoms with van der Waals surface area (Å²) in [5, 5.41) is 12.0. The van der Waals surface area contributed by atoms with E-state index in [-0.39, 0.29) is 18.0 Å². The highest BCUT2D eigenvalue weighted by Gasteiger charge is 2.23. The summed E-state index contributed by atoms with van der Waals surface area (Å²) in [6.07, 6.45) is 0.792. The van der Waals surface area contributed by atoms with Crippen molar-refractivity contribution >= 4 is 33.2 Å². The first-order valence-electron chi connectivity index (χ1n) is 10.4. The number of anilines is 2. The molecule has 0 radical (unpaired) electrons. The van der Waals surface area contributed by atoms with Gasteiger partial charge in [0.1, 0.15) is 5.69 Å². The van der Waals surface area contributed by atoms with Gasteiger partial charge < -0.3 is 20.3 Å². The number of ether oxygens (including phenoxy) is 1. The van der Waals surface area contributed by atoms with Crippen molar-refractivity contribution < 1.29 is 9.53 Å². The zero-order valence-corrected chi connectivity index (χ0v) is 20.0. The van der Waals surface area contributed by atoms with Crippen LogP contribution >= 0.6 is 11.3 Å². The molecule has 0 aliphatic carbocycles. The van der Waals surface area contributed by atoms with Crippen molar-refractivity contribution in [2.45, 2.75) is 39.7 Å². The normalized spacial score (nSPS) is 11.7. The van der Waals surface area contributed by atoms with E-state index in [0.29, 0.717) is 13.2 Å². The predicted molar refractivity (Wildman–Crippen MR) is 127 cm³/mol. The second-order valence-corrected chi connectivity index (χ2v) is 9.62. The van der Waals surface area contributed by atoms with Crippen LogP contribution in [0.5, 0.6) is 0 Å². The summed E-state index contributed by atoms with van der Waals surface area (Å²) in [5.41, 5.74) is 2.96. The Balaban J connectivity index is 1.84. The average molecular weight is 445 g/mol. The van der Waals surface area contributed by atoms with E-state index in [1.807, 2.05) is 16.5 Å². The van der Waals surface area contributed by atoms with Crippen LogP contribution in [0.2, 0.25) is 0 Å². The van der Waals surface area contributed by atoms with E-state index in [1.54, 1.807) is 7.11 Å². The fraction of sp³-hybridized carbons (Fsp3) is 0.500. The van der Waals surface area contributed by atoms with E-state index in [0.717, 1.165) is 33.6 Å². The second kappa shape index (κ2) is 9.65. The van der Waals surface area contributed by atoms with Gasteiger partial charge in [0.05, 0.1) is 6.54 Å². The molecule has 2 aromatic heterocycles. The zero-order chi connectivity index (χ0) is 22.6. The van der Waals surface area contributed by atoms with Gasteiger partial charge in [0.25, 0.3) is 0 Å². The lowest BCUT2D eigenvalue weighted by Gasteiger charge is -2.22. The molecule has 2 N–H and O–H groups in total. The molecule has 0 unspecified atom stereocenters. The zero-order valence-electron chi connectivity index (χ0n) is 19.2. The molecule has 9 heteroatoms. The number of amides is 1. The lowest BCUT2D eigenvalue weighted by Crippen LogP contribution is -2.35. The summed E-state index contributed by atoms with van der Waals surface area (Å²) in [6.45, 7) is 9.86. The molecule has 2 heterocycles. The Morgan fingerprint density at radius 2 is 1.97 bits per heavy atom. The molecule has 168 valence electrons. The number of nitrogens with zero attached hydrogens (tertiary/aromatic N) is 4. The van der Waals surface area contributed by atoms with Crippen LogP contribution in [-0.4, -0.2) is 59.9 Å². The molecule has 0 saturated carbocycles. The summed E-state index contributed by atoms with van der Waals surface area (Å²) in [4.78, 5) is 19.7. The fourth-order valence-corrected chi connectivity index (χ4v) is 3.92. The van der Waals surface area contributed by atoms with E-state index < -0.39 is 0 Å². The van der Waals surface area contributed by atoms with Crippen LogP contribution < -0.4 is 15.5 Å². The second-order valence-electron chi connectivity index (χ2n) is 8.68. The van der Waals surface area contributed by atoms with E-state index >= 15 is 0 Å². The molecule has 0 bridgehead atoms. The Kier molecular flexibility index (Phi) is 7.17. The molecule has 0 atom stereocenters. The lowest BCUT2D eigenvalue weighted by atomic mass is 10.1. The van der Waals surface area contributed by atoms with Crippen LogP contribution in [0.25, 0.3) is 16.2 Å². The number of aromatic nitrogens is 3. The summed E-state index contributed by atoms with van der Waals surface area (Å²) in [6, 6.07) is 8.33. The number of rotatable bonds is 9. The van der Waals surface area contributed by atoms with Gasteiger partial charge in [-0.15, -0.1) is 5.10 Å². The number of aryl methyl sites for hydroxylation is 1. The first kappa shape index (κ1) is 23.0. The monoisotopic (exact) mass is 444 g/mol.